The zero-order valence-corrected chi connectivity index (χ0v) is 18.7. The second-order valence-electron chi connectivity index (χ2n) is 7.74. The number of nitrogens with zero attached hydrogens (tertiary/aromatic N) is 2. The molecule has 29 heavy (non-hydrogen) atoms. The summed E-state index contributed by atoms with van der Waals surface area (Å²) in [5.74, 6) is 1.32. The maximum absolute atomic E-state index is 6.14. The number of benzene rings is 1. The van der Waals surface area contributed by atoms with E-state index in [4.69, 9.17) is 9.73 Å². The van der Waals surface area contributed by atoms with E-state index in [1.54, 1.807) is 11.3 Å². The molecule has 1 saturated heterocycles. The molecular formula is C23H34N4OS. The summed E-state index contributed by atoms with van der Waals surface area (Å²) in [5.41, 5.74) is 3.67. The Bertz CT molecular complexity index is 771. The van der Waals surface area contributed by atoms with Crippen molar-refractivity contribution in [3.05, 3.63) is 51.5 Å². The minimum absolute atomic E-state index is 0.143. The van der Waals surface area contributed by atoms with Crippen LogP contribution < -0.4 is 10.6 Å². The smallest absolute Gasteiger partial charge is 0.191 e. The Morgan fingerprint density at radius 3 is 2.79 bits per heavy atom. The average Bonchev–Trinajstić information content (AvgIpc) is 3.15. The van der Waals surface area contributed by atoms with Crippen LogP contribution in [0.5, 0.6) is 0 Å². The summed E-state index contributed by atoms with van der Waals surface area (Å²) in [7, 11) is 0. The standard InChI is InChI=1S/C23H34N4OS/c1-4-24-23(25-13-5-8-21-27-18(3)16-29-21)26-15-20-7-6-14-28-22(20)19-11-9-17(2)10-12-19/h9-12,16,20,22H,4-8,13-15H2,1-3H3,(H2,24,25,26). The summed E-state index contributed by atoms with van der Waals surface area (Å²) < 4.78 is 6.14. The Morgan fingerprint density at radius 1 is 1.24 bits per heavy atom. The van der Waals surface area contributed by atoms with Crippen molar-refractivity contribution in [1.82, 2.24) is 15.6 Å². The van der Waals surface area contributed by atoms with Crippen LogP contribution in [0.1, 0.15) is 54.1 Å². The van der Waals surface area contributed by atoms with Gasteiger partial charge < -0.3 is 15.4 Å². The van der Waals surface area contributed by atoms with Gasteiger partial charge in [-0.3, -0.25) is 4.99 Å². The van der Waals surface area contributed by atoms with E-state index in [0.29, 0.717) is 5.92 Å². The highest BCUT2D eigenvalue weighted by molar-refractivity contribution is 7.09. The quantitative estimate of drug-likeness (QED) is 0.381. The second kappa shape index (κ2) is 11.3. The lowest BCUT2D eigenvalue weighted by atomic mass is 9.89. The molecule has 2 atom stereocenters. The molecule has 1 aliphatic heterocycles. The van der Waals surface area contributed by atoms with Gasteiger partial charge in [0.15, 0.2) is 5.96 Å². The number of hydrogen-bond acceptors (Lipinski definition) is 4. The van der Waals surface area contributed by atoms with Gasteiger partial charge in [-0.1, -0.05) is 29.8 Å². The normalized spacial score (nSPS) is 19.9. The van der Waals surface area contributed by atoms with Crippen molar-refractivity contribution in [2.24, 2.45) is 10.9 Å². The van der Waals surface area contributed by atoms with E-state index in [-0.39, 0.29) is 6.10 Å². The number of aryl methyl sites for hydroxylation is 3. The Morgan fingerprint density at radius 2 is 2.07 bits per heavy atom. The van der Waals surface area contributed by atoms with Gasteiger partial charge in [-0.2, -0.15) is 0 Å². The molecule has 1 aromatic carbocycles. The zero-order valence-electron chi connectivity index (χ0n) is 17.9. The van der Waals surface area contributed by atoms with Crippen LogP contribution in [0, 0.1) is 19.8 Å². The molecule has 3 rings (SSSR count). The molecule has 2 unspecified atom stereocenters. The summed E-state index contributed by atoms with van der Waals surface area (Å²) in [6, 6.07) is 8.74. The van der Waals surface area contributed by atoms with Crippen molar-refractivity contribution < 1.29 is 4.74 Å². The number of nitrogens with one attached hydrogen (secondary N) is 2. The summed E-state index contributed by atoms with van der Waals surface area (Å²) >= 11 is 1.75. The van der Waals surface area contributed by atoms with E-state index in [1.165, 1.54) is 16.1 Å². The molecule has 6 heteroatoms. The molecule has 0 aliphatic carbocycles. The molecule has 1 aliphatic rings. The Labute approximate surface area is 179 Å². The zero-order chi connectivity index (χ0) is 20.5. The third-order valence-corrected chi connectivity index (χ3v) is 6.23. The molecule has 0 saturated carbocycles. The van der Waals surface area contributed by atoms with Gasteiger partial charge in [-0.05, 0) is 45.6 Å². The molecule has 5 nitrogen and oxygen atoms in total. The van der Waals surface area contributed by atoms with Gasteiger partial charge in [0.05, 0.1) is 11.1 Å². The van der Waals surface area contributed by atoms with Crippen LogP contribution in [0.2, 0.25) is 0 Å². The predicted octanol–water partition coefficient (Wildman–Crippen LogP) is 4.42. The van der Waals surface area contributed by atoms with E-state index < -0.39 is 0 Å². The van der Waals surface area contributed by atoms with Crippen molar-refractivity contribution >= 4 is 17.3 Å². The van der Waals surface area contributed by atoms with Crippen LogP contribution in [0.3, 0.4) is 0 Å². The van der Waals surface area contributed by atoms with Crippen LogP contribution in [0.4, 0.5) is 0 Å². The fourth-order valence-corrected chi connectivity index (χ4v) is 4.49. The first-order chi connectivity index (χ1) is 14.2. The Hall–Kier alpha value is -1.92. The number of rotatable bonds is 8. The molecule has 158 valence electrons. The summed E-state index contributed by atoms with van der Waals surface area (Å²) in [5, 5.41) is 10.2. The lowest BCUT2D eigenvalue weighted by Gasteiger charge is -2.31. The second-order valence-corrected chi connectivity index (χ2v) is 8.68. The Kier molecular flexibility index (Phi) is 8.50. The molecule has 2 aromatic rings. The first kappa shape index (κ1) is 21.8. The van der Waals surface area contributed by atoms with Gasteiger partial charge in [0.2, 0.25) is 0 Å². The van der Waals surface area contributed by atoms with Gasteiger partial charge >= 0.3 is 0 Å². The van der Waals surface area contributed by atoms with Crippen LogP contribution in [-0.2, 0) is 11.2 Å². The molecule has 0 radical (unpaired) electrons. The monoisotopic (exact) mass is 414 g/mol. The highest BCUT2D eigenvalue weighted by Crippen LogP contribution is 2.33. The van der Waals surface area contributed by atoms with E-state index in [0.717, 1.165) is 63.6 Å². The SMILES string of the molecule is CCNC(=NCC1CCCOC1c1ccc(C)cc1)NCCCc1nc(C)cs1. The molecular weight excluding hydrogens is 380 g/mol. The summed E-state index contributed by atoms with van der Waals surface area (Å²) in [6.45, 7) is 9.65. The highest BCUT2D eigenvalue weighted by Gasteiger charge is 2.27. The maximum atomic E-state index is 6.14. The van der Waals surface area contributed by atoms with Gasteiger partial charge in [-0.15, -0.1) is 11.3 Å². The number of aliphatic imine (C=N–C) groups is 1. The van der Waals surface area contributed by atoms with Crippen molar-refractivity contribution in [3.63, 3.8) is 0 Å². The first-order valence-electron chi connectivity index (χ1n) is 10.8. The predicted molar refractivity (Wildman–Crippen MR) is 122 cm³/mol. The van der Waals surface area contributed by atoms with Crippen molar-refractivity contribution in [2.45, 2.75) is 52.6 Å². The number of aromatic nitrogens is 1. The average molecular weight is 415 g/mol. The highest BCUT2D eigenvalue weighted by atomic mass is 32.1. The van der Waals surface area contributed by atoms with Crippen LogP contribution in [0.15, 0.2) is 34.6 Å². The molecule has 0 bridgehead atoms. The van der Waals surface area contributed by atoms with Crippen molar-refractivity contribution in [2.75, 3.05) is 26.2 Å². The van der Waals surface area contributed by atoms with Gasteiger partial charge in [-0.25, -0.2) is 4.98 Å². The molecule has 2 heterocycles. The number of guanidine groups is 1. The molecule has 2 N–H and O–H groups in total. The minimum Gasteiger partial charge on any atom is -0.373 e. The minimum atomic E-state index is 0.143. The third-order valence-electron chi connectivity index (χ3n) is 5.21. The van der Waals surface area contributed by atoms with Crippen LogP contribution in [-0.4, -0.2) is 37.2 Å². The lowest BCUT2D eigenvalue weighted by molar-refractivity contribution is -0.0250. The topological polar surface area (TPSA) is 58.5 Å². The van der Waals surface area contributed by atoms with E-state index in [9.17, 15) is 0 Å². The fraction of sp³-hybridized carbons (Fsp3) is 0.565. The number of ether oxygens (including phenoxy) is 1. The number of thiazole rings is 1. The van der Waals surface area contributed by atoms with Gasteiger partial charge in [0.1, 0.15) is 0 Å². The summed E-state index contributed by atoms with van der Waals surface area (Å²) in [4.78, 5) is 9.42. The molecule has 0 amide bonds. The molecule has 1 fully saturated rings. The first-order valence-corrected chi connectivity index (χ1v) is 11.6. The van der Waals surface area contributed by atoms with Crippen LogP contribution in [0.25, 0.3) is 0 Å². The van der Waals surface area contributed by atoms with E-state index in [1.807, 2.05) is 6.92 Å². The summed E-state index contributed by atoms with van der Waals surface area (Å²) in [6.07, 6.45) is 4.47. The van der Waals surface area contributed by atoms with E-state index >= 15 is 0 Å². The fourth-order valence-electron chi connectivity index (χ4n) is 3.67. The Balaban J connectivity index is 1.53. The largest absolute Gasteiger partial charge is 0.373 e. The maximum Gasteiger partial charge on any atom is 0.191 e. The van der Waals surface area contributed by atoms with Crippen LogP contribution >= 0.6 is 11.3 Å². The van der Waals surface area contributed by atoms with Gasteiger partial charge in [0, 0.05) is 49.7 Å². The lowest BCUT2D eigenvalue weighted by Crippen LogP contribution is -2.38. The van der Waals surface area contributed by atoms with Gasteiger partial charge in [0.25, 0.3) is 0 Å². The third kappa shape index (κ3) is 6.82. The number of hydrogen-bond donors (Lipinski definition) is 2. The molecule has 1 aromatic heterocycles. The van der Waals surface area contributed by atoms with Crippen molar-refractivity contribution in [1.29, 1.82) is 0 Å². The van der Waals surface area contributed by atoms with Crippen molar-refractivity contribution in [3.8, 4) is 0 Å². The van der Waals surface area contributed by atoms with E-state index in [2.05, 4.69) is 59.1 Å². The molecule has 0 spiro atoms.